The molecule has 2 heterocycles. The van der Waals surface area contributed by atoms with E-state index in [2.05, 4.69) is 10.2 Å². The summed E-state index contributed by atoms with van der Waals surface area (Å²) in [5.41, 5.74) is 0. The Balaban J connectivity index is 1.44. The third kappa shape index (κ3) is 2.72. The molecule has 4 heteroatoms. The second-order valence-corrected chi connectivity index (χ2v) is 6.14. The van der Waals surface area contributed by atoms with Crippen LogP contribution >= 0.6 is 0 Å². The molecular weight excluding hydrogens is 228 g/mol. The van der Waals surface area contributed by atoms with Crippen LogP contribution in [0, 0.1) is 5.92 Å². The van der Waals surface area contributed by atoms with E-state index in [0.29, 0.717) is 6.10 Å². The zero-order valence-corrected chi connectivity index (χ0v) is 11.5. The van der Waals surface area contributed by atoms with Gasteiger partial charge in [0.05, 0.1) is 12.7 Å². The van der Waals surface area contributed by atoms with Gasteiger partial charge in [-0.05, 0) is 45.3 Å². The predicted octanol–water partition coefficient (Wildman–Crippen LogP) is 1.21. The van der Waals surface area contributed by atoms with Gasteiger partial charge in [0.25, 0.3) is 0 Å². The molecule has 104 valence electrons. The zero-order chi connectivity index (χ0) is 12.4. The van der Waals surface area contributed by atoms with Crippen LogP contribution in [0.4, 0.5) is 0 Å². The lowest BCUT2D eigenvalue weighted by Crippen LogP contribution is -2.34. The molecule has 3 aliphatic rings. The smallest absolute Gasteiger partial charge is 0.168 e. The average molecular weight is 254 g/mol. The number of nitrogens with zero attached hydrogens (tertiary/aromatic N) is 1. The third-order valence-electron chi connectivity index (χ3n) is 4.60. The topological polar surface area (TPSA) is 33.7 Å². The Morgan fingerprint density at radius 2 is 2.17 bits per heavy atom. The number of likely N-dealkylation sites (tertiary alicyclic amines) is 1. The fourth-order valence-corrected chi connectivity index (χ4v) is 3.70. The summed E-state index contributed by atoms with van der Waals surface area (Å²) in [5, 5.41) is 3.28. The Morgan fingerprint density at radius 1 is 1.33 bits per heavy atom. The van der Waals surface area contributed by atoms with Crippen LogP contribution in [0.5, 0.6) is 0 Å². The summed E-state index contributed by atoms with van der Waals surface area (Å²) in [7, 11) is 2.04. The number of hydrogen-bond donors (Lipinski definition) is 1. The van der Waals surface area contributed by atoms with E-state index in [1.807, 2.05) is 7.05 Å². The van der Waals surface area contributed by atoms with Crippen LogP contribution in [-0.4, -0.2) is 56.6 Å². The van der Waals surface area contributed by atoms with E-state index >= 15 is 0 Å². The minimum Gasteiger partial charge on any atom is -0.347 e. The largest absolute Gasteiger partial charge is 0.347 e. The van der Waals surface area contributed by atoms with Gasteiger partial charge in [0.1, 0.15) is 0 Å². The standard InChI is InChI=1S/C14H26N2O2/c1-15-8-12-4-7-16(9-12)10-13-11-17-14(18-13)5-2-3-6-14/h12-13,15H,2-11H2,1H3. The normalized spacial score (nSPS) is 35.8. The van der Waals surface area contributed by atoms with Gasteiger partial charge < -0.3 is 19.7 Å². The minimum absolute atomic E-state index is 0.186. The minimum atomic E-state index is -0.186. The second-order valence-electron chi connectivity index (χ2n) is 6.14. The van der Waals surface area contributed by atoms with Crippen LogP contribution < -0.4 is 5.32 Å². The van der Waals surface area contributed by atoms with Gasteiger partial charge in [0.15, 0.2) is 5.79 Å². The molecule has 0 aromatic carbocycles. The first-order chi connectivity index (χ1) is 8.80. The van der Waals surface area contributed by atoms with Crippen molar-refractivity contribution in [2.75, 3.05) is 39.8 Å². The molecule has 1 N–H and O–H groups in total. The quantitative estimate of drug-likeness (QED) is 0.818. The van der Waals surface area contributed by atoms with Gasteiger partial charge in [-0.3, -0.25) is 0 Å². The van der Waals surface area contributed by atoms with Crippen LogP contribution in [0.3, 0.4) is 0 Å². The highest BCUT2D eigenvalue weighted by atomic mass is 16.7. The summed E-state index contributed by atoms with van der Waals surface area (Å²) in [4.78, 5) is 2.55. The Hall–Kier alpha value is -0.160. The van der Waals surface area contributed by atoms with Gasteiger partial charge in [0.2, 0.25) is 0 Å². The van der Waals surface area contributed by atoms with E-state index in [4.69, 9.17) is 9.47 Å². The molecule has 2 aliphatic heterocycles. The van der Waals surface area contributed by atoms with Gasteiger partial charge in [-0.1, -0.05) is 0 Å². The summed E-state index contributed by atoms with van der Waals surface area (Å²) in [6.07, 6.45) is 6.36. The van der Waals surface area contributed by atoms with E-state index in [-0.39, 0.29) is 5.79 Å². The van der Waals surface area contributed by atoms with E-state index in [0.717, 1.165) is 38.5 Å². The molecule has 0 radical (unpaired) electrons. The molecular formula is C14H26N2O2. The van der Waals surface area contributed by atoms with Crippen molar-refractivity contribution in [3.05, 3.63) is 0 Å². The maximum atomic E-state index is 6.19. The van der Waals surface area contributed by atoms with Crippen molar-refractivity contribution < 1.29 is 9.47 Å². The fourth-order valence-electron chi connectivity index (χ4n) is 3.70. The van der Waals surface area contributed by atoms with E-state index in [1.54, 1.807) is 0 Å². The number of hydrogen-bond acceptors (Lipinski definition) is 4. The van der Waals surface area contributed by atoms with Crippen molar-refractivity contribution in [3.63, 3.8) is 0 Å². The Labute approximate surface area is 110 Å². The molecule has 0 aromatic heterocycles. The zero-order valence-electron chi connectivity index (χ0n) is 11.5. The average Bonchev–Trinajstić information content (AvgIpc) is 3.06. The summed E-state index contributed by atoms with van der Waals surface area (Å²) in [6, 6.07) is 0. The molecule has 0 amide bonds. The van der Waals surface area contributed by atoms with Crippen LogP contribution in [0.25, 0.3) is 0 Å². The van der Waals surface area contributed by atoms with Crippen LogP contribution in [0.2, 0.25) is 0 Å². The molecule has 1 saturated carbocycles. The third-order valence-corrected chi connectivity index (χ3v) is 4.60. The Morgan fingerprint density at radius 3 is 2.94 bits per heavy atom. The monoisotopic (exact) mass is 254 g/mol. The molecule has 18 heavy (non-hydrogen) atoms. The SMILES string of the molecule is CNCC1CCN(CC2COC3(CCCC3)O2)C1. The highest BCUT2D eigenvalue weighted by Crippen LogP contribution is 2.39. The molecule has 1 aliphatic carbocycles. The number of ether oxygens (including phenoxy) is 2. The van der Waals surface area contributed by atoms with Gasteiger partial charge in [-0.15, -0.1) is 0 Å². The molecule has 2 unspecified atom stereocenters. The van der Waals surface area contributed by atoms with Crippen molar-refractivity contribution in [2.24, 2.45) is 5.92 Å². The summed E-state index contributed by atoms with van der Waals surface area (Å²) < 4.78 is 12.1. The van der Waals surface area contributed by atoms with Crippen molar-refractivity contribution in [1.82, 2.24) is 10.2 Å². The van der Waals surface area contributed by atoms with Crippen LogP contribution in [0.15, 0.2) is 0 Å². The highest BCUT2D eigenvalue weighted by Gasteiger charge is 2.44. The van der Waals surface area contributed by atoms with E-state index < -0.39 is 0 Å². The lowest BCUT2D eigenvalue weighted by Gasteiger charge is -2.24. The maximum absolute atomic E-state index is 6.19. The Bertz CT molecular complexity index is 279. The lowest BCUT2D eigenvalue weighted by molar-refractivity contribution is -0.163. The first kappa shape index (κ1) is 12.9. The molecule has 3 rings (SSSR count). The van der Waals surface area contributed by atoms with Gasteiger partial charge in [-0.25, -0.2) is 0 Å². The fraction of sp³-hybridized carbons (Fsp3) is 1.00. The number of nitrogens with one attached hydrogen (secondary N) is 1. The maximum Gasteiger partial charge on any atom is 0.168 e. The summed E-state index contributed by atoms with van der Waals surface area (Å²) in [6.45, 7) is 5.44. The van der Waals surface area contributed by atoms with E-state index in [1.165, 1.54) is 32.4 Å². The summed E-state index contributed by atoms with van der Waals surface area (Å²) >= 11 is 0. The summed E-state index contributed by atoms with van der Waals surface area (Å²) in [5.74, 6) is 0.632. The first-order valence-corrected chi connectivity index (χ1v) is 7.48. The van der Waals surface area contributed by atoms with Gasteiger partial charge >= 0.3 is 0 Å². The van der Waals surface area contributed by atoms with Crippen molar-refractivity contribution in [3.8, 4) is 0 Å². The molecule has 0 aromatic rings. The van der Waals surface area contributed by atoms with Crippen LogP contribution in [-0.2, 0) is 9.47 Å². The van der Waals surface area contributed by atoms with Crippen molar-refractivity contribution in [1.29, 1.82) is 0 Å². The van der Waals surface area contributed by atoms with Gasteiger partial charge in [0, 0.05) is 25.9 Å². The van der Waals surface area contributed by atoms with Crippen molar-refractivity contribution >= 4 is 0 Å². The number of rotatable bonds is 4. The molecule has 2 saturated heterocycles. The molecule has 4 nitrogen and oxygen atoms in total. The Kier molecular flexibility index (Phi) is 3.89. The highest BCUT2D eigenvalue weighted by molar-refractivity contribution is 4.86. The predicted molar refractivity (Wildman–Crippen MR) is 70.5 cm³/mol. The molecule has 0 bridgehead atoms. The first-order valence-electron chi connectivity index (χ1n) is 7.48. The molecule has 3 fully saturated rings. The van der Waals surface area contributed by atoms with Crippen LogP contribution in [0.1, 0.15) is 32.1 Å². The second kappa shape index (κ2) is 5.45. The van der Waals surface area contributed by atoms with E-state index in [9.17, 15) is 0 Å². The van der Waals surface area contributed by atoms with Gasteiger partial charge in [-0.2, -0.15) is 0 Å². The lowest BCUT2D eigenvalue weighted by atomic mass is 10.1. The van der Waals surface area contributed by atoms with Crippen molar-refractivity contribution in [2.45, 2.75) is 44.0 Å². The molecule has 1 spiro atoms. The molecule has 2 atom stereocenters.